The van der Waals surface area contributed by atoms with E-state index in [4.69, 9.17) is 14.1 Å². The molecule has 5 N–H and O–H groups in total. The molecule has 497 valence electrons. The smallest absolute Gasteiger partial charge is 0.416 e. The molecule has 95 heavy (non-hydrogen) atoms. The van der Waals surface area contributed by atoms with Gasteiger partial charge in [0.05, 0.1) is 69.2 Å². The topological polar surface area (TPSA) is 194 Å². The summed E-state index contributed by atoms with van der Waals surface area (Å²) in [6.07, 6.45) is -9.38. The number of carboxylic acid groups (broad SMARTS) is 1. The van der Waals surface area contributed by atoms with Gasteiger partial charge in [-0.15, -0.1) is 0 Å². The average Bonchev–Trinajstić information content (AvgIpc) is 0.824. The Balaban J connectivity index is 0.000000213. The highest BCUT2D eigenvalue weighted by atomic mass is 79.9. The molecule has 0 aliphatic heterocycles. The predicted molar refractivity (Wildman–Crippen MR) is 338 cm³/mol. The SMILES string of the molecule is CCOC(=O)c1ccc(Nc2ccc(C(F)(F)F)cc2)c(-c2cc(F)ccn2)c1.CCOC(=O)c1ccc(Nc2ccc(C(F)(F)F)cc2)c([B]OC(C)(C)C(C)(C)O)c1.Fc1ccnc(Br)c1.O=C(O)c1ccc(Nc2ccc(C(F)(F)F)cc2)c(-c2cc(F)ccn2)c1. The average molecular weight is 1390 g/mol. The van der Waals surface area contributed by atoms with Crippen LogP contribution in [0.5, 0.6) is 0 Å². The van der Waals surface area contributed by atoms with Crippen molar-refractivity contribution in [3.8, 4) is 22.5 Å². The second-order valence-corrected chi connectivity index (χ2v) is 21.8. The van der Waals surface area contributed by atoms with Crippen LogP contribution in [0.25, 0.3) is 22.5 Å². The number of alkyl halides is 9. The fraction of sp³-hybridized carbons (Fsp3) is 0.194. The molecule has 0 aliphatic carbocycles. The first kappa shape index (κ1) is 74.2. The van der Waals surface area contributed by atoms with Gasteiger partial charge in [0.15, 0.2) is 0 Å². The summed E-state index contributed by atoms with van der Waals surface area (Å²) < 4.78 is 170. The number of carboxylic acids is 1. The highest BCUT2D eigenvalue weighted by molar-refractivity contribution is 9.10. The van der Waals surface area contributed by atoms with E-state index in [9.17, 15) is 77.3 Å². The molecule has 0 bridgehead atoms. The van der Waals surface area contributed by atoms with Gasteiger partial charge in [-0.2, -0.15) is 39.5 Å². The van der Waals surface area contributed by atoms with Crippen molar-refractivity contribution in [2.75, 3.05) is 29.2 Å². The third-order valence-electron chi connectivity index (χ3n) is 13.5. The van der Waals surface area contributed by atoms with Crippen molar-refractivity contribution in [2.45, 2.75) is 71.3 Å². The zero-order valence-electron chi connectivity index (χ0n) is 50.9. The van der Waals surface area contributed by atoms with Crippen LogP contribution in [0.2, 0.25) is 0 Å². The van der Waals surface area contributed by atoms with E-state index in [2.05, 4.69) is 46.8 Å². The number of hydrogen-bond acceptors (Lipinski definition) is 13. The lowest BCUT2D eigenvalue weighted by Crippen LogP contribution is -2.49. The van der Waals surface area contributed by atoms with Crippen molar-refractivity contribution in [1.82, 2.24) is 15.0 Å². The van der Waals surface area contributed by atoms with E-state index in [0.29, 0.717) is 55.3 Å². The summed E-state index contributed by atoms with van der Waals surface area (Å²) in [5, 5.41) is 28.4. The number of hydrogen-bond donors (Lipinski definition) is 5. The molecule has 3 heterocycles. The fourth-order valence-corrected chi connectivity index (χ4v) is 8.19. The van der Waals surface area contributed by atoms with Crippen molar-refractivity contribution < 1.29 is 91.4 Å². The van der Waals surface area contributed by atoms with Gasteiger partial charge >= 0.3 is 43.9 Å². The Morgan fingerprint density at radius 3 is 1.16 bits per heavy atom. The number of benzene rings is 6. The molecular formula is C67H57BBrF12N6O8. The number of nitrogens with one attached hydrogen (secondary N) is 3. The van der Waals surface area contributed by atoms with E-state index in [0.717, 1.165) is 48.5 Å². The molecule has 9 rings (SSSR count). The summed E-state index contributed by atoms with van der Waals surface area (Å²) in [4.78, 5) is 47.3. The van der Waals surface area contributed by atoms with E-state index in [1.807, 2.05) is 0 Å². The van der Waals surface area contributed by atoms with Gasteiger partial charge < -0.3 is 40.3 Å². The lowest BCUT2D eigenvalue weighted by Gasteiger charge is -2.37. The number of carbonyl (C=O) groups excluding carboxylic acids is 2. The maximum atomic E-state index is 13.7. The first-order chi connectivity index (χ1) is 44.5. The number of aromatic carboxylic acids is 1. The minimum absolute atomic E-state index is 0.0333. The maximum absolute atomic E-state index is 13.7. The van der Waals surface area contributed by atoms with Gasteiger partial charge in [0.25, 0.3) is 0 Å². The number of esters is 2. The van der Waals surface area contributed by atoms with Crippen LogP contribution in [-0.2, 0) is 32.7 Å². The number of anilines is 6. The van der Waals surface area contributed by atoms with Crippen molar-refractivity contribution in [3.05, 3.63) is 238 Å². The van der Waals surface area contributed by atoms with Crippen LogP contribution in [0, 0.1) is 17.5 Å². The lowest BCUT2D eigenvalue weighted by atomic mass is 9.81. The molecule has 0 spiro atoms. The monoisotopic (exact) mass is 1390 g/mol. The number of halogens is 13. The summed E-state index contributed by atoms with van der Waals surface area (Å²) in [5.41, 5.74) is 0.138. The van der Waals surface area contributed by atoms with Crippen LogP contribution < -0.4 is 21.4 Å². The van der Waals surface area contributed by atoms with Gasteiger partial charge in [-0.25, -0.2) is 32.5 Å². The van der Waals surface area contributed by atoms with Crippen LogP contribution in [0.15, 0.2) is 187 Å². The number of aromatic nitrogens is 3. The molecule has 28 heteroatoms. The highest BCUT2D eigenvalue weighted by Crippen LogP contribution is 2.37. The van der Waals surface area contributed by atoms with E-state index in [-0.39, 0.29) is 47.1 Å². The van der Waals surface area contributed by atoms with E-state index < -0.39 is 76.0 Å². The standard InChI is InChI=1S/C22H26BF3NO4.C21H16F4N2O2.C19H12F4N2O2.C5H3BrFN/c1-6-30-19(28)14-7-12-18(17(13-14)23-31-21(4,5)20(2,3)29)27-16-10-8-15(9-11-16)22(24,25)26;1-2-29-20(28)13-3-8-18(17(11-13)19-12-15(22)9-10-26-19)27-16-6-4-14(5-7-16)21(23,24)25;20-13-7-8-24-17(10-13)15-9-11(18(26)27)1-6-16(15)25-14-4-2-12(3-5-14)19(21,22)23;6-5-3-4(7)1-2-8-5/h7-13,27,29H,6H2,1-5H3;3-12,27H,2H2,1H3;1-10,25H,(H,26,27);1-3H. The molecule has 1 radical (unpaired) electrons. The number of carbonyl (C=O) groups is 3. The number of ether oxygens (including phenoxy) is 2. The quantitative estimate of drug-likeness (QED) is 0.0250. The molecular weight excluding hydrogens is 1340 g/mol. The number of nitrogens with zero attached hydrogens (tertiary/aromatic N) is 3. The molecule has 9 aromatic rings. The third kappa shape index (κ3) is 22.2. The van der Waals surface area contributed by atoms with Crippen molar-refractivity contribution >= 4 is 80.9 Å². The van der Waals surface area contributed by atoms with E-state index in [1.54, 1.807) is 65.8 Å². The summed E-state index contributed by atoms with van der Waals surface area (Å²) in [6.45, 7) is 10.4. The summed E-state index contributed by atoms with van der Waals surface area (Å²) in [7, 11) is 1.40. The summed E-state index contributed by atoms with van der Waals surface area (Å²) >= 11 is 3.01. The van der Waals surface area contributed by atoms with Crippen LogP contribution in [0.4, 0.5) is 86.8 Å². The minimum Gasteiger partial charge on any atom is -0.478 e. The number of pyridine rings is 3. The first-order valence-corrected chi connectivity index (χ1v) is 28.9. The fourth-order valence-electron chi connectivity index (χ4n) is 7.85. The second kappa shape index (κ2) is 32.4. The van der Waals surface area contributed by atoms with Gasteiger partial charge in [-0.05, 0) is 209 Å². The number of rotatable bonds is 17. The van der Waals surface area contributed by atoms with Crippen molar-refractivity contribution in [2.24, 2.45) is 0 Å². The van der Waals surface area contributed by atoms with Crippen LogP contribution >= 0.6 is 15.9 Å². The third-order valence-corrected chi connectivity index (χ3v) is 13.9. The Bertz CT molecular complexity index is 4070. The largest absolute Gasteiger partial charge is 0.478 e. The second-order valence-electron chi connectivity index (χ2n) is 21.0. The Morgan fingerprint density at radius 2 is 0.821 bits per heavy atom. The minimum atomic E-state index is -4.45. The molecule has 0 amide bonds. The van der Waals surface area contributed by atoms with E-state index in [1.165, 1.54) is 117 Å². The van der Waals surface area contributed by atoms with Crippen LogP contribution in [0.1, 0.15) is 89.3 Å². The lowest BCUT2D eigenvalue weighted by molar-refractivity contribution is -0.138. The molecule has 0 saturated heterocycles. The van der Waals surface area contributed by atoms with Crippen molar-refractivity contribution in [3.63, 3.8) is 0 Å². The molecule has 0 aliphatic rings. The van der Waals surface area contributed by atoms with Gasteiger partial charge in [0.2, 0.25) is 0 Å². The molecule has 3 aromatic heterocycles. The van der Waals surface area contributed by atoms with Gasteiger partial charge in [-0.1, -0.05) is 0 Å². The highest BCUT2D eigenvalue weighted by Gasteiger charge is 2.37. The van der Waals surface area contributed by atoms with Crippen LogP contribution in [-0.4, -0.2) is 75.0 Å². The normalized spacial score (nSPS) is 11.5. The zero-order chi connectivity index (χ0) is 70.1. The number of aliphatic hydroxyl groups is 1. The molecule has 0 saturated carbocycles. The van der Waals surface area contributed by atoms with Crippen molar-refractivity contribution in [1.29, 1.82) is 0 Å². The zero-order valence-corrected chi connectivity index (χ0v) is 52.5. The summed E-state index contributed by atoms with van der Waals surface area (Å²) in [6, 6.07) is 34.0. The van der Waals surface area contributed by atoms with Gasteiger partial charge in [-0.3, -0.25) is 9.97 Å². The molecule has 0 unspecified atom stereocenters. The van der Waals surface area contributed by atoms with E-state index >= 15 is 0 Å². The Morgan fingerprint density at radius 1 is 0.474 bits per heavy atom. The molecule has 6 aromatic carbocycles. The maximum Gasteiger partial charge on any atom is 0.416 e. The van der Waals surface area contributed by atoms with Crippen LogP contribution in [0.3, 0.4) is 0 Å². The summed E-state index contributed by atoms with van der Waals surface area (Å²) in [5.74, 6) is -3.58. The predicted octanol–water partition coefficient (Wildman–Crippen LogP) is 17.6. The molecule has 0 atom stereocenters. The Labute approximate surface area is 545 Å². The van der Waals surface area contributed by atoms with Gasteiger partial charge in [0, 0.05) is 82.0 Å². The molecule has 14 nitrogen and oxygen atoms in total. The first-order valence-electron chi connectivity index (χ1n) is 28.1. The molecule has 0 fully saturated rings. The Kier molecular flexibility index (Phi) is 25.3. The Hall–Kier alpha value is -9.80. The van der Waals surface area contributed by atoms with Gasteiger partial charge in [0.1, 0.15) is 22.1 Å².